The summed E-state index contributed by atoms with van der Waals surface area (Å²) in [6, 6.07) is 13.1. The second-order valence-electron chi connectivity index (χ2n) is 9.72. The highest BCUT2D eigenvalue weighted by Crippen LogP contribution is 2.09. The van der Waals surface area contributed by atoms with Gasteiger partial charge in [0, 0.05) is 19.3 Å². The lowest BCUT2D eigenvalue weighted by molar-refractivity contribution is -0.143. The van der Waals surface area contributed by atoms with Gasteiger partial charge in [-0.25, -0.2) is 4.79 Å². The number of hydrogen-bond acceptors (Lipinski definition) is 7. The number of nitrogens with one attached hydrogen (secondary N) is 3. The number of rotatable bonds is 18. The molecule has 9 N–H and O–H groups in total. The first-order valence-corrected chi connectivity index (χ1v) is 13.5. The lowest BCUT2D eigenvalue weighted by Crippen LogP contribution is -2.58. The summed E-state index contributed by atoms with van der Waals surface area (Å²) in [5.74, 6) is -4.60. The second-order valence-corrected chi connectivity index (χ2v) is 9.72. The van der Waals surface area contributed by atoms with Gasteiger partial charge >= 0.3 is 11.9 Å². The Balaban J connectivity index is 2.27. The van der Waals surface area contributed by atoms with E-state index in [1.165, 1.54) is 0 Å². The first kappa shape index (κ1) is 32.9. The SMILES string of the molecule is NCCCC[C@H](N)C(=O)N[C@@H](Cc1ccccc1)C(=O)N[C@@H](Cc1ccccc1)C(=O)N[C@@H](CCC(=O)O)C(=O)O. The molecule has 0 heterocycles. The molecule has 0 aliphatic heterocycles. The van der Waals surface area contributed by atoms with Crippen molar-refractivity contribution in [2.24, 2.45) is 11.5 Å². The number of carboxylic acids is 2. The molecule has 0 saturated heterocycles. The monoisotopic (exact) mass is 569 g/mol. The minimum atomic E-state index is -1.47. The summed E-state index contributed by atoms with van der Waals surface area (Å²) < 4.78 is 0. The van der Waals surface area contributed by atoms with Crippen molar-refractivity contribution < 1.29 is 34.2 Å². The van der Waals surface area contributed by atoms with Gasteiger partial charge in [0.1, 0.15) is 18.1 Å². The normalized spacial score (nSPS) is 13.7. The number of carbonyl (C=O) groups excluding carboxylic acids is 3. The summed E-state index contributed by atoms with van der Waals surface area (Å²) in [5.41, 5.74) is 13.0. The number of benzene rings is 2. The van der Waals surface area contributed by atoms with Gasteiger partial charge in [-0.1, -0.05) is 67.1 Å². The maximum atomic E-state index is 13.5. The minimum Gasteiger partial charge on any atom is -0.481 e. The van der Waals surface area contributed by atoms with Crippen LogP contribution in [0, 0.1) is 0 Å². The number of carbonyl (C=O) groups is 5. The summed E-state index contributed by atoms with van der Waals surface area (Å²) in [6.07, 6.45) is 1.06. The van der Waals surface area contributed by atoms with E-state index >= 15 is 0 Å². The molecular formula is C29H39N5O7. The van der Waals surface area contributed by atoms with Crippen LogP contribution in [0.4, 0.5) is 0 Å². The van der Waals surface area contributed by atoms with E-state index in [9.17, 15) is 29.1 Å². The van der Waals surface area contributed by atoms with Gasteiger partial charge < -0.3 is 37.6 Å². The highest BCUT2D eigenvalue weighted by Gasteiger charge is 2.31. The van der Waals surface area contributed by atoms with E-state index in [2.05, 4.69) is 16.0 Å². The zero-order valence-corrected chi connectivity index (χ0v) is 22.8. The van der Waals surface area contributed by atoms with E-state index < -0.39 is 60.2 Å². The average molecular weight is 570 g/mol. The zero-order valence-electron chi connectivity index (χ0n) is 22.8. The minimum absolute atomic E-state index is 0.0221. The molecule has 12 heteroatoms. The van der Waals surface area contributed by atoms with E-state index in [0.717, 1.165) is 5.56 Å². The van der Waals surface area contributed by atoms with Gasteiger partial charge in [0.25, 0.3) is 0 Å². The first-order valence-electron chi connectivity index (χ1n) is 13.5. The molecule has 222 valence electrons. The van der Waals surface area contributed by atoms with Crippen LogP contribution in [-0.2, 0) is 36.8 Å². The van der Waals surface area contributed by atoms with Gasteiger partial charge in [0.05, 0.1) is 6.04 Å². The summed E-state index contributed by atoms with van der Waals surface area (Å²) in [6.45, 7) is 0.470. The highest BCUT2D eigenvalue weighted by atomic mass is 16.4. The van der Waals surface area contributed by atoms with E-state index in [1.807, 2.05) is 6.07 Å². The van der Waals surface area contributed by atoms with Crippen LogP contribution in [0.3, 0.4) is 0 Å². The molecule has 2 rings (SSSR count). The van der Waals surface area contributed by atoms with E-state index in [4.69, 9.17) is 16.6 Å². The van der Waals surface area contributed by atoms with Crippen LogP contribution >= 0.6 is 0 Å². The topological polar surface area (TPSA) is 214 Å². The van der Waals surface area contributed by atoms with Crippen molar-refractivity contribution in [3.05, 3.63) is 71.8 Å². The largest absolute Gasteiger partial charge is 0.481 e. The van der Waals surface area contributed by atoms with Gasteiger partial charge in [-0.3, -0.25) is 19.2 Å². The van der Waals surface area contributed by atoms with Gasteiger partial charge in [-0.2, -0.15) is 0 Å². The summed E-state index contributed by atoms with van der Waals surface area (Å²) in [5, 5.41) is 26.1. The predicted octanol–water partition coefficient (Wildman–Crippen LogP) is 0.332. The molecule has 0 spiro atoms. The quantitative estimate of drug-likeness (QED) is 0.123. The van der Waals surface area contributed by atoms with Crippen LogP contribution in [0.2, 0.25) is 0 Å². The van der Waals surface area contributed by atoms with Gasteiger partial charge in [-0.05, 0) is 36.9 Å². The molecule has 2 aromatic rings. The molecule has 0 aliphatic carbocycles. The van der Waals surface area contributed by atoms with Crippen molar-refractivity contribution in [2.45, 2.75) is 69.1 Å². The third-order valence-corrected chi connectivity index (χ3v) is 6.40. The Bertz CT molecular complexity index is 1150. The summed E-state index contributed by atoms with van der Waals surface area (Å²) in [4.78, 5) is 62.3. The molecule has 0 aromatic heterocycles. The predicted molar refractivity (Wildman–Crippen MR) is 151 cm³/mol. The smallest absolute Gasteiger partial charge is 0.326 e. The Morgan fingerprint density at radius 2 is 1.12 bits per heavy atom. The number of unbranched alkanes of at least 4 members (excludes halogenated alkanes) is 1. The molecule has 0 radical (unpaired) electrons. The van der Waals surface area contributed by atoms with Crippen molar-refractivity contribution >= 4 is 29.7 Å². The van der Waals surface area contributed by atoms with Crippen molar-refractivity contribution in [1.82, 2.24) is 16.0 Å². The lowest BCUT2D eigenvalue weighted by atomic mass is 10.0. The van der Waals surface area contributed by atoms with Gasteiger partial charge in [0.2, 0.25) is 17.7 Å². The van der Waals surface area contributed by atoms with Crippen LogP contribution < -0.4 is 27.4 Å². The number of carboxylic acid groups (broad SMARTS) is 2. The van der Waals surface area contributed by atoms with Crippen molar-refractivity contribution in [3.63, 3.8) is 0 Å². The van der Waals surface area contributed by atoms with Crippen LogP contribution in [0.25, 0.3) is 0 Å². The summed E-state index contributed by atoms with van der Waals surface area (Å²) >= 11 is 0. The van der Waals surface area contributed by atoms with Crippen molar-refractivity contribution in [3.8, 4) is 0 Å². The van der Waals surface area contributed by atoms with Gasteiger partial charge in [-0.15, -0.1) is 0 Å². The molecule has 0 bridgehead atoms. The fraction of sp³-hybridized carbons (Fsp3) is 0.414. The molecule has 41 heavy (non-hydrogen) atoms. The molecule has 12 nitrogen and oxygen atoms in total. The third-order valence-electron chi connectivity index (χ3n) is 6.40. The third kappa shape index (κ3) is 12.2. The lowest BCUT2D eigenvalue weighted by Gasteiger charge is -2.25. The maximum Gasteiger partial charge on any atom is 0.326 e. The number of aliphatic carboxylic acids is 2. The van der Waals surface area contributed by atoms with Crippen LogP contribution in [0.15, 0.2) is 60.7 Å². The van der Waals surface area contributed by atoms with E-state index in [0.29, 0.717) is 31.4 Å². The van der Waals surface area contributed by atoms with Crippen LogP contribution in [0.1, 0.15) is 43.2 Å². The fourth-order valence-corrected chi connectivity index (χ4v) is 4.11. The standard InChI is InChI=1S/C29H39N5O7/c30-16-8-7-13-21(31)26(37)33-23(17-19-9-3-1-4-10-19)28(39)34-24(18-20-11-5-2-6-12-20)27(38)32-22(29(40)41)14-15-25(35)36/h1-6,9-12,21-24H,7-8,13-18,30-31H2,(H,32,38)(H,33,37)(H,34,39)(H,35,36)(H,40,41)/t21-,22-,23-,24-/m0/s1. The fourth-order valence-electron chi connectivity index (χ4n) is 4.11. The Hall–Kier alpha value is -4.29. The van der Waals surface area contributed by atoms with Crippen LogP contribution in [-0.4, -0.2) is 70.6 Å². The van der Waals surface area contributed by atoms with Crippen molar-refractivity contribution in [2.75, 3.05) is 6.54 Å². The molecule has 0 unspecified atom stereocenters. The van der Waals surface area contributed by atoms with E-state index in [-0.39, 0.29) is 19.3 Å². The Morgan fingerprint density at radius 1 is 0.659 bits per heavy atom. The molecule has 2 aromatic carbocycles. The van der Waals surface area contributed by atoms with Crippen LogP contribution in [0.5, 0.6) is 0 Å². The molecule has 0 fully saturated rings. The number of amides is 3. The molecule has 4 atom stereocenters. The average Bonchev–Trinajstić information content (AvgIpc) is 2.95. The Kier molecular flexibility index (Phi) is 14.0. The van der Waals surface area contributed by atoms with E-state index in [1.54, 1.807) is 54.6 Å². The summed E-state index contributed by atoms with van der Waals surface area (Å²) in [7, 11) is 0. The Labute approximate surface area is 238 Å². The molecule has 0 saturated carbocycles. The zero-order chi connectivity index (χ0) is 30.2. The second kappa shape index (κ2) is 17.4. The number of hydrogen-bond donors (Lipinski definition) is 7. The molecule has 0 aliphatic rings. The number of nitrogens with two attached hydrogens (primary N) is 2. The Morgan fingerprint density at radius 3 is 1.56 bits per heavy atom. The van der Waals surface area contributed by atoms with Gasteiger partial charge in [0.15, 0.2) is 0 Å². The molecule has 3 amide bonds. The maximum absolute atomic E-state index is 13.5. The molecular weight excluding hydrogens is 530 g/mol. The van der Waals surface area contributed by atoms with Crippen molar-refractivity contribution in [1.29, 1.82) is 0 Å². The highest BCUT2D eigenvalue weighted by molar-refractivity contribution is 5.94. The first-order chi connectivity index (χ1) is 19.6.